The molecule has 4 nitrogen and oxygen atoms in total. The number of benzene rings is 2. The monoisotopic (exact) mass is 406 g/mol. The van der Waals surface area contributed by atoms with Crippen molar-refractivity contribution in [1.82, 2.24) is 4.90 Å². The third-order valence-corrected chi connectivity index (χ3v) is 4.78. The summed E-state index contributed by atoms with van der Waals surface area (Å²) in [5.74, 6) is -0.156. The van der Waals surface area contributed by atoms with Gasteiger partial charge in [0.15, 0.2) is 0 Å². The zero-order valence-corrected chi connectivity index (χ0v) is 15.3. The van der Waals surface area contributed by atoms with Crippen LogP contribution in [0.25, 0.3) is 0 Å². The molecule has 0 aliphatic carbocycles. The van der Waals surface area contributed by atoms with Crippen molar-refractivity contribution in [2.24, 2.45) is 0 Å². The van der Waals surface area contributed by atoms with E-state index in [1.165, 1.54) is 0 Å². The van der Waals surface area contributed by atoms with Crippen LogP contribution in [0.15, 0.2) is 53.0 Å². The first-order valence-electron chi connectivity index (χ1n) is 7.66. The minimum absolute atomic E-state index is 0.0732. The van der Waals surface area contributed by atoms with Gasteiger partial charge < -0.3 is 4.90 Å². The van der Waals surface area contributed by atoms with E-state index in [9.17, 15) is 9.59 Å². The first-order chi connectivity index (χ1) is 11.6. The van der Waals surface area contributed by atoms with Crippen LogP contribution in [-0.4, -0.2) is 29.9 Å². The van der Waals surface area contributed by atoms with Gasteiger partial charge in [0.05, 0.1) is 10.6 Å². The van der Waals surface area contributed by atoms with Gasteiger partial charge in [-0.1, -0.05) is 45.7 Å². The highest BCUT2D eigenvalue weighted by Gasteiger charge is 2.27. The summed E-state index contributed by atoms with van der Waals surface area (Å²) in [6.45, 7) is 0.895. The number of hydrogen-bond donors (Lipinski definition) is 0. The third-order valence-electron chi connectivity index (χ3n) is 3.96. The molecule has 0 unspecified atom stereocenters. The molecule has 2 amide bonds. The maximum Gasteiger partial charge on any atom is 0.261 e. The molecule has 0 bridgehead atoms. The summed E-state index contributed by atoms with van der Waals surface area (Å²) in [5.41, 5.74) is 1.14. The predicted octanol–water partition coefficient (Wildman–Crippen LogP) is 4.33. The fourth-order valence-corrected chi connectivity index (χ4v) is 3.26. The molecule has 6 heteroatoms. The fraction of sp³-hybridized carbons (Fsp3) is 0.222. The quantitative estimate of drug-likeness (QED) is 0.757. The Morgan fingerprint density at radius 2 is 1.96 bits per heavy atom. The molecule has 0 atom stereocenters. The lowest BCUT2D eigenvalue weighted by molar-refractivity contribution is -0.127. The lowest BCUT2D eigenvalue weighted by Gasteiger charge is -2.28. The number of likely N-dealkylation sites (tertiary alicyclic amines) is 1. The van der Waals surface area contributed by atoms with Crippen molar-refractivity contribution < 1.29 is 9.59 Å². The third kappa shape index (κ3) is 3.62. The van der Waals surface area contributed by atoms with E-state index in [0.717, 1.165) is 16.6 Å². The molecule has 0 saturated carbocycles. The summed E-state index contributed by atoms with van der Waals surface area (Å²) >= 11 is 9.59. The number of amides is 2. The maximum atomic E-state index is 13.1. The molecule has 1 aliphatic heterocycles. The molecule has 0 radical (unpaired) electrons. The second-order valence-corrected chi connectivity index (χ2v) is 6.92. The Labute approximate surface area is 154 Å². The minimum atomic E-state index is -0.229. The zero-order valence-electron chi connectivity index (χ0n) is 12.9. The van der Waals surface area contributed by atoms with Gasteiger partial charge in [0.1, 0.15) is 6.67 Å². The normalized spacial score (nSPS) is 14.1. The summed E-state index contributed by atoms with van der Waals surface area (Å²) in [7, 11) is 0. The molecule has 0 spiro atoms. The molecule has 3 rings (SSSR count). The average Bonchev–Trinajstić information content (AvgIpc) is 3.00. The summed E-state index contributed by atoms with van der Waals surface area (Å²) in [6.07, 6.45) is 1.36. The standard InChI is InChI=1S/C18H16BrClN2O2/c19-13-8-9-16(20)15(11-13)18(24)22(14-5-2-1-3-6-14)12-21-10-4-7-17(21)23/h1-3,5-6,8-9,11H,4,7,10,12H2. The van der Waals surface area contributed by atoms with Crippen molar-refractivity contribution in [3.8, 4) is 0 Å². The van der Waals surface area contributed by atoms with Crippen LogP contribution >= 0.6 is 27.5 Å². The topological polar surface area (TPSA) is 40.6 Å². The van der Waals surface area contributed by atoms with Crippen LogP contribution < -0.4 is 4.90 Å². The van der Waals surface area contributed by atoms with Gasteiger partial charge in [0, 0.05) is 23.1 Å². The van der Waals surface area contributed by atoms with Crippen LogP contribution in [0.2, 0.25) is 5.02 Å². The van der Waals surface area contributed by atoms with Gasteiger partial charge in [-0.25, -0.2) is 0 Å². The van der Waals surface area contributed by atoms with Crippen molar-refractivity contribution in [2.75, 3.05) is 18.1 Å². The molecular weight excluding hydrogens is 392 g/mol. The summed E-state index contributed by atoms with van der Waals surface area (Å²) in [6, 6.07) is 14.5. The van der Waals surface area contributed by atoms with Gasteiger partial charge in [0.2, 0.25) is 5.91 Å². The average molecular weight is 408 g/mol. The molecule has 0 aromatic heterocycles. The zero-order chi connectivity index (χ0) is 17.1. The second kappa shape index (κ2) is 7.36. The fourth-order valence-electron chi connectivity index (χ4n) is 2.70. The van der Waals surface area contributed by atoms with Gasteiger partial charge >= 0.3 is 0 Å². The van der Waals surface area contributed by atoms with E-state index in [1.54, 1.807) is 28.0 Å². The van der Waals surface area contributed by atoms with E-state index < -0.39 is 0 Å². The number of hydrogen-bond acceptors (Lipinski definition) is 2. The minimum Gasteiger partial charge on any atom is -0.324 e. The Morgan fingerprint density at radius 3 is 2.62 bits per heavy atom. The van der Waals surface area contributed by atoms with Gasteiger partial charge in [-0.15, -0.1) is 0 Å². The molecule has 24 heavy (non-hydrogen) atoms. The van der Waals surface area contributed by atoms with Crippen molar-refractivity contribution in [3.05, 3.63) is 63.6 Å². The predicted molar refractivity (Wildman–Crippen MR) is 98.2 cm³/mol. The number of para-hydroxylation sites is 1. The Bertz CT molecular complexity index is 767. The maximum absolute atomic E-state index is 13.1. The van der Waals surface area contributed by atoms with E-state index in [-0.39, 0.29) is 18.5 Å². The van der Waals surface area contributed by atoms with E-state index in [2.05, 4.69) is 15.9 Å². The van der Waals surface area contributed by atoms with Gasteiger partial charge in [0.25, 0.3) is 5.91 Å². The summed E-state index contributed by atoms with van der Waals surface area (Å²) < 4.78 is 0.778. The summed E-state index contributed by atoms with van der Waals surface area (Å²) in [5, 5.41) is 0.386. The van der Waals surface area contributed by atoms with Gasteiger partial charge in [-0.3, -0.25) is 14.5 Å². The molecule has 1 saturated heterocycles. The van der Waals surface area contributed by atoms with Crippen molar-refractivity contribution >= 4 is 45.0 Å². The lowest BCUT2D eigenvalue weighted by atomic mass is 10.2. The number of rotatable bonds is 4. The highest BCUT2D eigenvalue weighted by molar-refractivity contribution is 9.10. The first-order valence-corrected chi connectivity index (χ1v) is 8.83. The van der Waals surface area contributed by atoms with Crippen LogP contribution in [0.5, 0.6) is 0 Å². The van der Waals surface area contributed by atoms with E-state index >= 15 is 0 Å². The Hall–Kier alpha value is -1.85. The van der Waals surface area contributed by atoms with Crippen LogP contribution in [0.3, 0.4) is 0 Å². The van der Waals surface area contributed by atoms with Crippen LogP contribution in [0, 0.1) is 0 Å². The molecular formula is C18H16BrClN2O2. The van der Waals surface area contributed by atoms with Gasteiger partial charge in [-0.2, -0.15) is 0 Å². The summed E-state index contributed by atoms with van der Waals surface area (Å²) in [4.78, 5) is 28.4. The van der Waals surface area contributed by atoms with Crippen LogP contribution in [-0.2, 0) is 4.79 Å². The second-order valence-electron chi connectivity index (χ2n) is 5.60. The highest BCUT2D eigenvalue weighted by Crippen LogP contribution is 2.26. The van der Waals surface area contributed by atoms with Crippen LogP contribution in [0.4, 0.5) is 5.69 Å². The van der Waals surface area contributed by atoms with Crippen molar-refractivity contribution in [1.29, 1.82) is 0 Å². The molecule has 1 fully saturated rings. The number of carbonyl (C=O) groups is 2. The number of halogens is 2. The molecule has 0 N–H and O–H groups in total. The smallest absolute Gasteiger partial charge is 0.261 e. The number of anilines is 1. The SMILES string of the molecule is O=C1CCCN1CN(C(=O)c1cc(Br)ccc1Cl)c1ccccc1. The number of nitrogens with zero attached hydrogens (tertiary/aromatic N) is 2. The van der Waals surface area contributed by atoms with Crippen molar-refractivity contribution in [2.45, 2.75) is 12.8 Å². The largest absolute Gasteiger partial charge is 0.324 e. The Morgan fingerprint density at radius 1 is 1.21 bits per heavy atom. The number of carbonyl (C=O) groups excluding carboxylic acids is 2. The lowest BCUT2D eigenvalue weighted by Crippen LogP contribution is -2.42. The van der Waals surface area contributed by atoms with Gasteiger partial charge in [-0.05, 0) is 36.8 Å². The highest BCUT2D eigenvalue weighted by atomic mass is 79.9. The Balaban J connectivity index is 1.96. The molecule has 1 heterocycles. The Kier molecular flexibility index (Phi) is 5.21. The molecule has 2 aromatic carbocycles. The van der Waals surface area contributed by atoms with E-state index in [4.69, 9.17) is 11.6 Å². The van der Waals surface area contributed by atoms with E-state index in [1.807, 2.05) is 30.3 Å². The first kappa shape index (κ1) is 17.0. The molecule has 1 aliphatic rings. The van der Waals surface area contributed by atoms with Crippen LogP contribution in [0.1, 0.15) is 23.2 Å². The molecule has 2 aromatic rings. The molecule has 124 valence electrons. The van der Waals surface area contributed by atoms with Crippen molar-refractivity contribution in [3.63, 3.8) is 0 Å². The van der Waals surface area contributed by atoms with E-state index in [0.29, 0.717) is 23.6 Å².